The van der Waals surface area contributed by atoms with Gasteiger partial charge in [-0.3, -0.25) is 9.59 Å². The number of nitrogens with one attached hydrogen (secondary N) is 2. The number of rotatable bonds is 6. The molecular formula is C16H22N2O3. The lowest BCUT2D eigenvalue weighted by atomic mass is 10.2. The van der Waals surface area contributed by atoms with Gasteiger partial charge in [-0.25, -0.2) is 0 Å². The molecule has 0 aromatic heterocycles. The molecule has 5 nitrogen and oxygen atoms in total. The SMILES string of the molecule is CC(CC(=O)OCc1ccccc1)NC(=O)[C@@H]1CCCN1. The van der Waals surface area contributed by atoms with Crippen molar-refractivity contribution in [2.45, 2.75) is 44.9 Å². The molecule has 1 amide bonds. The van der Waals surface area contributed by atoms with E-state index < -0.39 is 0 Å². The summed E-state index contributed by atoms with van der Waals surface area (Å²) in [5.41, 5.74) is 0.956. The Labute approximate surface area is 125 Å². The van der Waals surface area contributed by atoms with Crippen molar-refractivity contribution in [3.8, 4) is 0 Å². The largest absolute Gasteiger partial charge is 0.461 e. The van der Waals surface area contributed by atoms with Crippen LogP contribution in [0, 0.1) is 0 Å². The molecule has 1 aromatic carbocycles. The lowest BCUT2D eigenvalue weighted by molar-refractivity contribution is -0.145. The zero-order valence-corrected chi connectivity index (χ0v) is 12.3. The summed E-state index contributed by atoms with van der Waals surface area (Å²) in [6, 6.07) is 9.20. The number of ether oxygens (including phenoxy) is 1. The van der Waals surface area contributed by atoms with E-state index in [1.807, 2.05) is 37.3 Å². The minimum atomic E-state index is -0.300. The topological polar surface area (TPSA) is 67.4 Å². The highest BCUT2D eigenvalue weighted by atomic mass is 16.5. The molecule has 0 saturated carbocycles. The molecule has 1 heterocycles. The van der Waals surface area contributed by atoms with Crippen LogP contribution in [0.4, 0.5) is 0 Å². The average molecular weight is 290 g/mol. The monoisotopic (exact) mass is 290 g/mol. The minimum absolute atomic E-state index is 0.0316. The van der Waals surface area contributed by atoms with Gasteiger partial charge in [-0.15, -0.1) is 0 Å². The first kappa shape index (κ1) is 15.5. The predicted molar refractivity (Wildman–Crippen MR) is 79.5 cm³/mol. The van der Waals surface area contributed by atoms with Gasteiger partial charge in [0.25, 0.3) is 0 Å². The van der Waals surface area contributed by atoms with Crippen LogP contribution in [-0.4, -0.2) is 30.5 Å². The summed E-state index contributed by atoms with van der Waals surface area (Å²) in [4.78, 5) is 23.6. The summed E-state index contributed by atoms with van der Waals surface area (Å²) >= 11 is 0. The number of carbonyl (C=O) groups is 2. The molecule has 0 bridgehead atoms. The molecule has 1 aliphatic rings. The summed E-state index contributed by atoms with van der Waals surface area (Å²) in [6.07, 6.45) is 2.06. The zero-order chi connectivity index (χ0) is 15.1. The van der Waals surface area contributed by atoms with Crippen molar-refractivity contribution in [1.82, 2.24) is 10.6 Å². The molecule has 1 fully saturated rings. The molecule has 0 spiro atoms. The van der Waals surface area contributed by atoms with E-state index in [0.717, 1.165) is 24.9 Å². The van der Waals surface area contributed by atoms with E-state index in [-0.39, 0.29) is 37.0 Å². The maximum Gasteiger partial charge on any atom is 0.308 e. The summed E-state index contributed by atoms with van der Waals surface area (Å²) in [5.74, 6) is -0.332. The number of benzene rings is 1. The maximum absolute atomic E-state index is 11.9. The van der Waals surface area contributed by atoms with Crippen molar-refractivity contribution in [2.24, 2.45) is 0 Å². The molecule has 114 valence electrons. The van der Waals surface area contributed by atoms with Crippen LogP contribution in [0.25, 0.3) is 0 Å². The summed E-state index contributed by atoms with van der Waals surface area (Å²) in [6.45, 7) is 2.97. The van der Waals surface area contributed by atoms with Gasteiger partial charge in [-0.2, -0.15) is 0 Å². The van der Waals surface area contributed by atoms with E-state index >= 15 is 0 Å². The highest BCUT2D eigenvalue weighted by Crippen LogP contribution is 2.06. The Morgan fingerprint density at radius 3 is 2.81 bits per heavy atom. The first-order valence-corrected chi connectivity index (χ1v) is 7.38. The Kier molecular flexibility index (Phi) is 5.75. The standard InChI is InChI=1S/C16H22N2O3/c1-12(18-16(20)14-8-5-9-17-14)10-15(19)21-11-13-6-3-2-4-7-13/h2-4,6-7,12,14,17H,5,8-11H2,1H3,(H,18,20)/t12?,14-/m0/s1. The molecular weight excluding hydrogens is 268 g/mol. The van der Waals surface area contributed by atoms with Crippen molar-refractivity contribution in [3.63, 3.8) is 0 Å². The lowest BCUT2D eigenvalue weighted by Crippen LogP contribution is -2.44. The lowest BCUT2D eigenvalue weighted by Gasteiger charge is -2.16. The fourth-order valence-corrected chi connectivity index (χ4v) is 2.35. The van der Waals surface area contributed by atoms with E-state index in [4.69, 9.17) is 4.74 Å². The fourth-order valence-electron chi connectivity index (χ4n) is 2.35. The van der Waals surface area contributed by atoms with Gasteiger partial charge >= 0.3 is 5.97 Å². The first-order valence-electron chi connectivity index (χ1n) is 7.38. The van der Waals surface area contributed by atoms with E-state index in [9.17, 15) is 9.59 Å². The van der Waals surface area contributed by atoms with Crippen LogP contribution in [0.1, 0.15) is 31.7 Å². The van der Waals surface area contributed by atoms with E-state index in [0.29, 0.717) is 0 Å². The molecule has 5 heteroatoms. The molecule has 0 radical (unpaired) electrons. The zero-order valence-electron chi connectivity index (χ0n) is 12.3. The van der Waals surface area contributed by atoms with E-state index in [2.05, 4.69) is 10.6 Å². The molecule has 1 aliphatic heterocycles. The summed E-state index contributed by atoms with van der Waals surface area (Å²) in [7, 11) is 0. The molecule has 2 rings (SSSR count). The van der Waals surface area contributed by atoms with Crippen molar-refractivity contribution in [2.75, 3.05) is 6.54 Å². The van der Waals surface area contributed by atoms with Crippen LogP contribution in [0.5, 0.6) is 0 Å². The van der Waals surface area contributed by atoms with E-state index in [1.54, 1.807) is 0 Å². The van der Waals surface area contributed by atoms with Gasteiger partial charge in [0.2, 0.25) is 5.91 Å². The molecule has 1 aromatic rings. The number of amides is 1. The Morgan fingerprint density at radius 2 is 2.14 bits per heavy atom. The van der Waals surface area contributed by atoms with Crippen molar-refractivity contribution < 1.29 is 14.3 Å². The molecule has 1 unspecified atom stereocenters. The second-order valence-corrected chi connectivity index (χ2v) is 5.41. The van der Waals surface area contributed by atoms with Gasteiger partial charge in [0.05, 0.1) is 12.5 Å². The van der Waals surface area contributed by atoms with Crippen molar-refractivity contribution in [3.05, 3.63) is 35.9 Å². The normalized spacial score (nSPS) is 19.0. The van der Waals surface area contributed by atoms with Gasteiger partial charge in [0, 0.05) is 6.04 Å². The Morgan fingerprint density at radius 1 is 1.38 bits per heavy atom. The van der Waals surface area contributed by atoms with Crippen LogP contribution in [0.3, 0.4) is 0 Å². The predicted octanol–water partition coefficient (Wildman–Crippen LogP) is 1.38. The molecule has 21 heavy (non-hydrogen) atoms. The Balaban J connectivity index is 1.68. The maximum atomic E-state index is 11.9. The quantitative estimate of drug-likeness (QED) is 0.777. The number of carbonyl (C=O) groups excluding carboxylic acids is 2. The highest BCUT2D eigenvalue weighted by Gasteiger charge is 2.23. The van der Waals surface area contributed by atoms with Gasteiger partial charge in [-0.05, 0) is 31.9 Å². The van der Waals surface area contributed by atoms with Gasteiger partial charge in [-0.1, -0.05) is 30.3 Å². The third-order valence-corrected chi connectivity index (χ3v) is 3.48. The van der Waals surface area contributed by atoms with Crippen LogP contribution < -0.4 is 10.6 Å². The molecule has 2 N–H and O–H groups in total. The smallest absolute Gasteiger partial charge is 0.308 e. The third-order valence-electron chi connectivity index (χ3n) is 3.48. The van der Waals surface area contributed by atoms with Gasteiger partial charge < -0.3 is 15.4 Å². The molecule has 2 atom stereocenters. The van der Waals surface area contributed by atoms with E-state index in [1.165, 1.54) is 0 Å². The molecule has 0 aliphatic carbocycles. The number of esters is 1. The second-order valence-electron chi connectivity index (χ2n) is 5.41. The Bertz CT molecular complexity index is 470. The third kappa shape index (κ3) is 5.19. The van der Waals surface area contributed by atoms with Crippen molar-refractivity contribution >= 4 is 11.9 Å². The highest BCUT2D eigenvalue weighted by molar-refractivity contribution is 5.83. The molecule has 1 saturated heterocycles. The fraction of sp³-hybridized carbons (Fsp3) is 0.500. The second kappa shape index (κ2) is 7.78. The van der Waals surface area contributed by atoms with Crippen LogP contribution >= 0.6 is 0 Å². The van der Waals surface area contributed by atoms with Crippen LogP contribution in [0.15, 0.2) is 30.3 Å². The Hall–Kier alpha value is -1.88. The number of hydrogen-bond acceptors (Lipinski definition) is 4. The minimum Gasteiger partial charge on any atom is -0.461 e. The van der Waals surface area contributed by atoms with Gasteiger partial charge in [0.15, 0.2) is 0 Å². The van der Waals surface area contributed by atoms with Crippen LogP contribution in [0.2, 0.25) is 0 Å². The van der Waals surface area contributed by atoms with Crippen LogP contribution in [-0.2, 0) is 20.9 Å². The van der Waals surface area contributed by atoms with Gasteiger partial charge in [0.1, 0.15) is 6.61 Å². The number of hydrogen-bond donors (Lipinski definition) is 2. The summed E-state index contributed by atoms with van der Waals surface area (Å²) in [5, 5.41) is 5.98. The first-order chi connectivity index (χ1) is 10.1. The van der Waals surface area contributed by atoms with Crippen molar-refractivity contribution in [1.29, 1.82) is 0 Å². The average Bonchev–Trinajstić information content (AvgIpc) is 3.00. The summed E-state index contributed by atoms with van der Waals surface area (Å²) < 4.78 is 5.20.